The van der Waals surface area contributed by atoms with Gasteiger partial charge in [0, 0.05) is 27.2 Å². The maximum atomic E-state index is 6.16. The highest BCUT2D eigenvalue weighted by Gasteiger charge is 2.15. The van der Waals surface area contributed by atoms with Crippen LogP contribution in [0.5, 0.6) is 0 Å². The van der Waals surface area contributed by atoms with Gasteiger partial charge in [-0.15, -0.1) is 0 Å². The molecule has 0 bridgehead atoms. The molecule has 0 aliphatic rings. The van der Waals surface area contributed by atoms with Crippen molar-refractivity contribution in [2.45, 2.75) is 19.8 Å². The van der Waals surface area contributed by atoms with Gasteiger partial charge in [0.25, 0.3) is 0 Å². The molecule has 0 fully saturated rings. The summed E-state index contributed by atoms with van der Waals surface area (Å²) >= 11 is 0. The van der Waals surface area contributed by atoms with E-state index in [1.807, 2.05) is 11.7 Å². The number of nitrogen functional groups attached to an aromatic ring is 1. The average Bonchev–Trinajstić information content (AvgIpc) is 2.52. The molecule has 0 atom stereocenters. The van der Waals surface area contributed by atoms with Gasteiger partial charge in [0.1, 0.15) is 5.82 Å². The zero-order valence-corrected chi connectivity index (χ0v) is 11.7. The van der Waals surface area contributed by atoms with E-state index in [0.717, 1.165) is 43.1 Å². The molecule has 0 amide bonds. The van der Waals surface area contributed by atoms with Crippen LogP contribution in [0.4, 0.5) is 11.5 Å². The third kappa shape index (κ3) is 3.36. The first-order valence-corrected chi connectivity index (χ1v) is 6.14. The average molecular weight is 239 g/mol. The third-order valence-electron chi connectivity index (χ3n) is 2.86. The number of aryl methyl sites for hydroxylation is 2. The molecule has 98 valence electrons. The molecule has 2 N–H and O–H groups in total. The Morgan fingerprint density at radius 1 is 1.24 bits per heavy atom. The Balaban J connectivity index is 2.82. The fourth-order valence-electron chi connectivity index (χ4n) is 1.92. The Hall–Kier alpha value is -1.23. The Labute approximate surface area is 104 Å². The summed E-state index contributed by atoms with van der Waals surface area (Å²) in [5.41, 5.74) is 8.00. The standard InChI is InChI=1S/C12H25N5/c1-6-7-10-11(13)12(17(5)14-10)16(4)9-8-15(2)3/h6-9,13H2,1-5H3. The van der Waals surface area contributed by atoms with Crippen molar-refractivity contribution in [2.75, 3.05) is 44.9 Å². The van der Waals surface area contributed by atoms with Gasteiger partial charge in [-0.3, -0.25) is 4.68 Å². The SMILES string of the molecule is CCCc1nn(C)c(N(C)CCN(C)C)c1N. The quantitative estimate of drug-likeness (QED) is 0.803. The molecule has 0 unspecified atom stereocenters. The number of nitrogens with two attached hydrogens (primary N) is 1. The first-order chi connectivity index (χ1) is 7.97. The number of anilines is 2. The highest BCUT2D eigenvalue weighted by molar-refractivity contribution is 5.66. The second kappa shape index (κ2) is 5.91. The van der Waals surface area contributed by atoms with Crippen molar-refractivity contribution in [3.63, 3.8) is 0 Å². The van der Waals surface area contributed by atoms with Gasteiger partial charge in [-0.1, -0.05) is 13.3 Å². The van der Waals surface area contributed by atoms with Crippen LogP contribution in [-0.4, -0.2) is 48.9 Å². The normalized spacial score (nSPS) is 11.2. The molecule has 17 heavy (non-hydrogen) atoms. The fraction of sp³-hybridized carbons (Fsp3) is 0.750. The van der Waals surface area contributed by atoms with E-state index in [2.05, 4.69) is 43.0 Å². The van der Waals surface area contributed by atoms with E-state index in [-0.39, 0.29) is 0 Å². The van der Waals surface area contributed by atoms with Crippen LogP contribution in [0.2, 0.25) is 0 Å². The van der Waals surface area contributed by atoms with E-state index in [0.29, 0.717) is 0 Å². The minimum Gasteiger partial charge on any atom is -0.394 e. The molecule has 0 saturated carbocycles. The fourth-order valence-corrected chi connectivity index (χ4v) is 1.92. The molecule has 1 rings (SSSR count). The van der Waals surface area contributed by atoms with Crippen LogP contribution in [0, 0.1) is 0 Å². The lowest BCUT2D eigenvalue weighted by molar-refractivity contribution is 0.415. The van der Waals surface area contributed by atoms with Crippen molar-refractivity contribution in [3.05, 3.63) is 5.69 Å². The second-order valence-electron chi connectivity index (χ2n) is 4.78. The Morgan fingerprint density at radius 3 is 2.41 bits per heavy atom. The lowest BCUT2D eigenvalue weighted by Gasteiger charge is -2.21. The minimum atomic E-state index is 0.829. The van der Waals surface area contributed by atoms with E-state index in [1.165, 1.54) is 0 Å². The molecule has 5 nitrogen and oxygen atoms in total. The largest absolute Gasteiger partial charge is 0.394 e. The number of hydrogen-bond acceptors (Lipinski definition) is 4. The monoisotopic (exact) mass is 239 g/mol. The molecule has 5 heteroatoms. The van der Waals surface area contributed by atoms with Gasteiger partial charge in [0.05, 0.1) is 11.4 Å². The maximum absolute atomic E-state index is 6.16. The van der Waals surface area contributed by atoms with E-state index in [1.54, 1.807) is 0 Å². The van der Waals surface area contributed by atoms with Crippen LogP contribution in [0.25, 0.3) is 0 Å². The summed E-state index contributed by atoms with van der Waals surface area (Å²) in [7, 11) is 8.16. The van der Waals surface area contributed by atoms with Crippen LogP contribution < -0.4 is 10.6 Å². The summed E-state index contributed by atoms with van der Waals surface area (Å²) in [5.74, 6) is 1.02. The van der Waals surface area contributed by atoms with E-state index in [9.17, 15) is 0 Å². The highest BCUT2D eigenvalue weighted by atomic mass is 15.4. The summed E-state index contributed by atoms with van der Waals surface area (Å²) in [6, 6.07) is 0. The van der Waals surface area contributed by atoms with Crippen molar-refractivity contribution in [1.29, 1.82) is 0 Å². The van der Waals surface area contributed by atoms with Crippen LogP contribution in [-0.2, 0) is 13.5 Å². The lowest BCUT2D eigenvalue weighted by atomic mass is 10.2. The van der Waals surface area contributed by atoms with Crippen molar-refractivity contribution >= 4 is 11.5 Å². The Bertz CT molecular complexity index is 356. The summed E-state index contributed by atoms with van der Waals surface area (Å²) in [6.45, 7) is 4.09. The molecule has 0 aromatic carbocycles. The summed E-state index contributed by atoms with van der Waals surface area (Å²) in [4.78, 5) is 4.33. The van der Waals surface area contributed by atoms with Gasteiger partial charge < -0.3 is 15.5 Å². The molecule has 0 aliphatic carbocycles. The number of rotatable bonds is 6. The van der Waals surface area contributed by atoms with Crippen LogP contribution >= 0.6 is 0 Å². The van der Waals surface area contributed by atoms with Gasteiger partial charge >= 0.3 is 0 Å². The van der Waals surface area contributed by atoms with Crippen molar-refractivity contribution < 1.29 is 0 Å². The minimum absolute atomic E-state index is 0.829. The number of aromatic nitrogens is 2. The zero-order valence-electron chi connectivity index (χ0n) is 11.7. The number of hydrogen-bond donors (Lipinski definition) is 1. The predicted molar refractivity (Wildman–Crippen MR) is 73.4 cm³/mol. The van der Waals surface area contributed by atoms with Crippen molar-refractivity contribution in [2.24, 2.45) is 7.05 Å². The Morgan fingerprint density at radius 2 is 1.88 bits per heavy atom. The van der Waals surface area contributed by atoms with E-state index < -0.39 is 0 Å². The summed E-state index contributed by atoms with van der Waals surface area (Å²) in [5, 5.41) is 4.48. The molecule has 1 aromatic rings. The van der Waals surface area contributed by atoms with Gasteiger partial charge in [-0.05, 0) is 20.5 Å². The second-order valence-corrected chi connectivity index (χ2v) is 4.78. The smallest absolute Gasteiger partial charge is 0.150 e. The highest BCUT2D eigenvalue weighted by Crippen LogP contribution is 2.25. The summed E-state index contributed by atoms with van der Waals surface area (Å²) in [6.07, 6.45) is 2.02. The van der Waals surface area contributed by atoms with Crippen LogP contribution in [0.1, 0.15) is 19.0 Å². The van der Waals surface area contributed by atoms with E-state index in [4.69, 9.17) is 5.73 Å². The topological polar surface area (TPSA) is 50.3 Å². The zero-order chi connectivity index (χ0) is 13.0. The van der Waals surface area contributed by atoms with Gasteiger partial charge in [0.2, 0.25) is 0 Å². The third-order valence-corrected chi connectivity index (χ3v) is 2.86. The predicted octanol–water partition coefficient (Wildman–Crippen LogP) is 0.953. The van der Waals surface area contributed by atoms with Gasteiger partial charge in [-0.2, -0.15) is 5.10 Å². The van der Waals surface area contributed by atoms with Crippen LogP contribution in [0.3, 0.4) is 0 Å². The molecular formula is C12H25N5. The maximum Gasteiger partial charge on any atom is 0.150 e. The van der Waals surface area contributed by atoms with Crippen molar-refractivity contribution in [1.82, 2.24) is 14.7 Å². The molecule has 0 spiro atoms. The molecular weight excluding hydrogens is 214 g/mol. The molecule has 1 aromatic heterocycles. The number of nitrogens with zero attached hydrogens (tertiary/aromatic N) is 4. The molecule has 1 heterocycles. The number of likely N-dealkylation sites (N-methyl/N-ethyl adjacent to an activating group) is 2. The van der Waals surface area contributed by atoms with E-state index >= 15 is 0 Å². The molecule has 0 saturated heterocycles. The first-order valence-electron chi connectivity index (χ1n) is 6.14. The molecule has 0 aliphatic heterocycles. The van der Waals surface area contributed by atoms with Crippen molar-refractivity contribution in [3.8, 4) is 0 Å². The van der Waals surface area contributed by atoms with Crippen LogP contribution in [0.15, 0.2) is 0 Å². The summed E-state index contributed by atoms with van der Waals surface area (Å²) < 4.78 is 1.88. The first kappa shape index (κ1) is 13.8. The lowest BCUT2D eigenvalue weighted by Crippen LogP contribution is -2.30. The molecule has 0 radical (unpaired) electrons. The van der Waals surface area contributed by atoms with Gasteiger partial charge in [-0.25, -0.2) is 0 Å². The van der Waals surface area contributed by atoms with Gasteiger partial charge in [0.15, 0.2) is 0 Å². The Kier molecular flexibility index (Phi) is 4.81.